The van der Waals surface area contributed by atoms with E-state index >= 15 is 0 Å². The predicted molar refractivity (Wildman–Crippen MR) is 123 cm³/mol. The number of fused-ring (bicyclic) bond motifs is 1. The summed E-state index contributed by atoms with van der Waals surface area (Å²) in [7, 11) is 0. The van der Waals surface area contributed by atoms with Gasteiger partial charge in [0.15, 0.2) is 0 Å². The quantitative estimate of drug-likeness (QED) is 0.313. The number of hydrogen-bond donors (Lipinski definition) is 1. The molecule has 0 unspecified atom stereocenters. The van der Waals surface area contributed by atoms with Crippen molar-refractivity contribution in [1.82, 2.24) is 0 Å². The lowest BCUT2D eigenvalue weighted by atomic mass is 10.0. The van der Waals surface area contributed by atoms with Crippen molar-refractivity contribution in [3.8, 4) is 5.75 Å². The zero-order chi connectivity index (χ0) is 21.1. The summed E-state index contributed by atoms with van der Waals surface area (Å²) in [6.07, 6.45) is 0. The first-order valence-electron chi connectivity index (χ1n) is 9.28. The van der Waals surface area contributed by atoms with Crippen molar-refractivity contribution in [1.29, 1.82) is 0 Å². The van der Waals surface area contributed by atoms with Crippen LogP contribution in [-0.2, 0) is 13.2 Å². The molecule has 0 fully saturated rings. The summed E-state index contributed by atoms with van der Waals surface area (Å²) < 4.78 is 20.2. The highest BCUT2D eigenvalue weighted by Crippen LogP contribution is 2.32. The molecule has 152 valence electrons. The minimum atomic E-state index is -0.395. The third-order valence-electron chi connectivity index (χ3n) is 4.82. The maximum atomic E-state index is 14.2. The standard InChI is InChI=1S/C24H17Cl3FNO/c25-16-9-10-21(27)23(12-16)29-13-18-17-5-2-1-4-15(17)8-11-24(18)30-14-19-20(26)6-3-7-22(19)28/h1-12,29H,13-14H2. The second-order valence-corrected chi connectivity index (χ2v) is 7.98. The van der Waals surface area contributed by atoms with Crippen LogP contribution in [0.1, 0.15) is 11.1 Å². The number of nitrogens with one attached hydrogen (secondary N) is 1. The maximum absolute atomic E-state index is 14.2. The van der Waals surface area contributed by atoms with E-state index in [4.69, 9.17) is 39.5 Å². The van der Waals surface area contributed by atoms with Crippen molar-refractivity contribution in [2.75, 3.05) is 5.32 Å². The predicted octanol–water partition coefficient (Wildman–Crippen LogP) is 8.13. The van der Waals surface area contributed by atoms with Crippen molar-refractivity contribution in [2.45, 2.75) is 13.2 Å². The summed E-state index contributed by atoms with van der Waals surface area (Å²) in [6.45, 7) is 0.469. The van der Waals surface area contributed by atoms with E-state index in [9.17, 15) is 4.39 Å². The van der Waals surface area contributed by atoms with E-state index in [1.807, 2.05) is 36.4 Å². The highest BCUT2D eigenvalue weighted by atomic mass is 35.5. The number of benzene rings is 4. The minimum Gasteiger partial charge on any atom is -0.488 e. The second kappa shape index (κ2) is 9.13. The van der Waals surface area contributed by atoms with Gasteiger partial charge in [0, 0.05) is 22.7 Å². The van der Waals surface area contributed by atoms with Crippen molar-refractivity contribution >= 4 is 51.3 Å². The van der Waals surface area contributed by atoms with Gasteiger partial charge in [-0.25, -0.2) is 4.39 Å². The molecule has 0 aliphatic carbocycles. The molecule has 4 rings (SSSR count). The Kier molecular flexibility index (Phi) is 6.33. The smallest absolute Gasteiger partial charge is 0.131 e. The molecule has 0 saturated carbocycles. The molecular formula is C24H17Cl3FNO. The lowest BCUT2D eigenvalue weighted by Crippen LogP contribution is -2.06. The van der Waals surface area contributed by atoms with E-state index in [0.29, 0.717) is 32.9 Å². The highest BCUT2D eigenvalue weighted by Gasteiger charge is 2.13. The van der Waals surface area contributed by atoms with Gasteiger partial charge in [-0.15, -0.1) is 0 Å². The van der Waals surface area contributed by atoms with E-state index in [-0.39, 0.29) is 6.61 Å². The van der Waals surface area contributed by atoms with Crippen molar-refractivity contribution in [3.63, 3.8) is 0 Å². The number of rotatable bonds is 6. The zero-order valence-corrected chi connectivity index (χ0v) is 18.0. The van der Waals surface area contributed by atoms with E-state index < -0.39 is 5.82 Å². The molecule has 1 N–H and O–H groups in total. The molecule has 4 aromatic rings. The fourth-order valence-electron chi connectivity index (χ4n) is 3.27. The first-order chi connectivity index (χ1) is 14.5. The largest absolute Gasteiger partial charge is 0.488 e. The maximum Gasteiger partial charge on any atom is 0.131 e. The SMILES string of the molecule is Fc1cccc(Cl)c1COc1ccc2ccccc2c1CNc1cc(Cl)ccc1Cl. The number of ether oxygens (including phenoxy) is 1. The number of halogens is 4. The van der Waals surface area contributed by atoms with Gasteiger partial charge in [-0.05, 0) is 47.2 Å². The van der Waals surface area contributed by atoms with Gasteiger partial charge in [-0.2, -0.15) is 0 Å². The van der Waals surface area contributed by atoms with Gasteiger partial charge < -0.3 is 10.1 Å². The van der Waals surface area contributed by atoms with Gasteiger partial charge in [-0.3, -0.25) is 0 Å². The molecule has 0 atom stereocenters. The molecular weight excluding hydrogens is 444 g/mol. The fraction of sp³-hybridized carbons (Fsp3) is 0.0833. The van der Waals surface area contributed by atoms with Gasteiger partial charge in [-0.1, -0.05) is 71.2 Å². The van der Waals surface area contributed by atoms with Crippen LogP contribution in [-0.4, -0.2) is 0 Å². The minimum absolute atomic E-state index is 0.0226. The van der Waals surface area contributed by atoms with Crippen molar-refractivity contribution in [3.05, 3.63) is 105 Å². The normalized spacial score (nSPS) is 10.9. The average Bonchev–Trinajstić information content (AvgIpc) is 2.74. The monoisotopic (exact) mass is 459 g/mol. The Balaban J connectivity index is 1.67. The van der Waals surface area contributed by atoms with Crippen LogP contribution in [0.2, 0.25) is 15.1 Å². The van der Waals surface area contributed by atoms with Crippen LogP contribution in [0.25, 0.3) is 10.8 Å². The molecule has 0 saturated heterocycles. The van der Waals surface area contributed by atoms with Crippen LogP contribution in [0.4, 0.5) is 10.1 Å². The molecule has 0 amide bonds. The molecule has 0 aliphatic rings. The molecule has 4 aromatic carbocycles. The van der Waals surface area contributed by atoms with Gasteiger partial charge in [0.05, 0.1) is 15.7 Å². The van der Waals surface area contributed by atoms with Crippen molar-refractivity contribution < 1.29 is 9.13 Å². The Morgan fingerprint density at radius 2 is 1.63 bits per heavy atom. The lowest BCUT2D eigenvalue weighted by molar-refractivity contribution is 0.297. The number of hydrogen-bond acceptors (Lipinski definition) is 2. The molecule has 30 heavy (non-hydrogen) atoms. The summed E-state index contributed by atoms with van der Waals surface area (Å²) in [6, 6.07) is 21.7. The van der Waals surface area contributed by atoms with Gasteiger partial charge in [0.2, 0.25) is 0 Å². The fourth-order valence-corrected chi connectivity index (χ4v) is 3.84. The molecule has 0 spiro atoms. The summed E-state index contributed by atoms with van der Waals surface area (Å²) in [4.78, 5) is 0. The van der Waals surface area contributed by atoms with Gasteiger partial charge >= 0.3 is 0 Å². The van der Waals surface area contributed by atoms with Crippen LogP contribution in [0.15, 0.2) is 72.8 Å². The lowest BCUT2D eigenvalue weighted by Gasteiger charge is -2.17. The summed E-state index contributed by atoms with van der Waals surface area (Å²) in [5, 5.41) is 6.92. The van der Waals surface area contributed by atoms with E-state index in [2.05, 4.69) is 5.32 Å². The zero-order valence-electron chi connectivity index (χ0n) is 15.8. The molecule has 6 heteroatoms. The summed E-state index contributed by atoms with van der Waals surface area (Å²) in [5.41, 5.74) is 1.97. The van der Waals surface area contributed by atoms with E-state index in [1.165, 1.54) is 6.07 Å². The van der Waals surface area contributed by atoms with Crippen molar-refractivity contribution in [2.24, 2.45) is 0 Å². The Bertz CT molecular complexity index is 1190. The Labute approximate surface area is 189 Å². The molecule has 0 bridgehead atoms. The van der Waals surface area contributed by atoms with Crippen LogP contribution in [0.5, 0.6) is 5.75 Å². The van der Waals surface area contributed by atoms with Gasteiger partial charge in [0.25, 0.3) is 0 Å². The van der Waals surface area contributed by atoms with E-state index in [1.54, 1.807) is 30.3 Å². The Morgan fingerprint density at radius 3 is 2.47 bits per heavy atom. The third-order valence-corrected chi connectivity index (χ3v) is 5.73. The summed E-state index contributed by atoms with van der Waals surface area (Å²) >= 11 is 18.5. The van der Waals surface area contributed by atoms with Crippen LogP contribution < -0.4 is 10.1 Å². The first kappa shape index (κ1) is 20.8. The number of anilines is 1. The molecule has 0 aliphatic heterocycles. The molecule has 0 radical (unpaired) electrons. The van der Waals surface area contributed by atoms with Crippen LogP contribution in [0.3, 0.4) is 0 Å². The molecule has 0 heterocycles. The van der Waals surface area contributed by atoms with Crippen LogP contribution in [0, 0.1) is 5.82 Å². The molecule has 0 aromatic heterocycles. The Morgan fingerprint density at radius 1 is 0.800 bits per heavy atom. The first-order valence-corrected chi connectivity index (χ1v) is 10.4. The third kappa shape index (κ3) is 4.49. The average molecular weight is 461 g/mol. The van der Waals surface area contributed by atoms with Crippen LogP contribution >= 0.6 is 34.8 Å². The Hall–Kier alpha value is -2.46. The highest BCUT2D eigenvalue weighted by molar-refractivity contribution is 6.35. The second-order valence-electron chi connectivity index (χ2n) is 6.73. The summed E-state index contributed by atoms with van der Waals surface area (Å²) in [5.74, 6) is 0.243. The molecule has 2 nitrogen and oxygen atoms in total. The van der Waals surface area contributed by atoms with E-state index in [0.717, 1.165) is 22.0 Å². The topological polar surface area (TPSA) is 21.3 Å². The van der Waals surface area contributed by atoms with Gasteiger partial charge in [0.1, 0.15) is 18.2 Å².